The minimum atomic E-state index is 0.655. The number of hydrogen-bond acceptors (Lipinski definition) is 5. The number of anilines is 2. The minimum Gasteiger partial charge on any atom is -0.369 e. The minimum absolute atomic E-state index is 0.655. The van der Waals surface area contributed by atoms with Gasteiger partial charge in [-0.15, -0.1) is 0 Å². The molecule has 0 radical (unpaired) electrons. The highest BCUT2D eigenvalue weighted by molar-refractivity contribution is 8.00. The summed E-state index contributed by atoms with van der Waals surface area (Å²) < 4.78 is 0. The van der Waals surface area contributed by atoms with Crippen molar-refractivity contribution in [3.8, 4) is 0 Å². The first kappa shape index (κ1) is 13.5. The molecule has 0 bridgehead atoms. The lowest BCUT2D eigenvalue weighted by molar-refractivity contribution is 0.716. The Morgan fingerprint density at radius 1 is 1.33 bits per heavy atom. The van der Waals surface area contributed by atoms with Crippen LogP contribution in [-0.2, 0) is 0 Å². The van der Waals surface area contributed by atoms with Gasteiger partial charge in [0.15, 0.2) is 0 Å². The van der Waals surface area contributed by atoms with E-state index in [1.165, 1.54) is 0 Å². The summed E-state index contributed by atoms with van der Waals surface area (Å²) in [6.45, 7) is 9.76. The molecule has 18 heavy (non-hydrogen) atoms. The molecule has 1 aromatic heterocycles. The molecule has 0 spiro atoms. The van der Waals surface area contributed by atoms with E-state index in [2.05, 4.69) is 52.7 Å². The van der Waals surface area contributed by atoms with E-state index >= 15 is 0 Å². The van der Waals surface area contributed by atoms with E-state index in [0.29, 0.717) is 10.5 Å². The number of hydrogen-bond donors (Lipinski definition) is 1. The molecule has 0 aliphatic carbocycles. The van der Waals surface area contributed by atoms with Gasteiger partial charge in [0.1, 0.15) is 11.6 Å². The highest BCUT2D eigenvalue weighted by atomic mass is 32.2. The molecule has 2 heterocycles. The van der Waals surface area contributed by atoms with Crippen LogP contribution >= 0.6 is 11.8 Å². The van der Waals surface area contributed by atoms with Crippen LogP contribution in [0.2, 0.25) is 0 Å². The van der Waals surface area contributed by atoms with Crippen LogP contribution in [0, 0.1) is 0 Å². The summed E-state index contributed by atoms with van der Waals surface area (Å²) in [6, 6.07) is 0. The Morgan fingerprint density at radius 2 is 2.06 bits per heavy atom. The number of rotatable bonds is 4. The van der Waals surface area contributed by atoms with Crippen LogP contribution in [0.3, 0.4) is 0 Å². The summed E-state index contributed by atoms with van der Waals surface area (Å²) in [6.07, 6.45) is 4.76. The molecule has 2 rings (SSSR count). The van der Waals surface area contributed by atoms with Crippen LogP contribution in [0.25, 0.3) is 0 Å². The summed E-state index contributed by atoms with van der Waals surface area (Å²) in [5, 5.41) is 4.60. The molecule has 0 saturated carbocycles. The van der Waals surface area contributed by atoms with Crippen molar-refractivity contribution in [1.29, 1.82) is 0 Å². The normalized spacial score (nSPS) is 24.1. The lowest BCUT2D eigenvalue weighted by atomic mass is 10.3. The fraction of sp³-hybridized carbons (Fsp3) is 0.692. The molecular formula is C13H22N4S. The van der Waals surface area contributed by atoms with Gasteiger partial charge in [-0.1, -0.05) is 20.8 Å². The highest BCUT2D eigenvalue weighted by Crippen LogP contribution is 2.27. The van der Waals surface area contributed by atoms with Gasteiger partial charge in [0.2, 0.25) is 0 Å². The van der Waals surface area contributed by atoms with Gasteiger partial charge in [-0.25, -0.2) is 4.98 Å². The maximum absolute atomic E-state index is 4.65. The first-order valence-corrected chi connectivity index (χ1v) is 7.59. The second kappa shape index (κ2) is 6.27. The predicted octanol–water partition coefficient (Wildman–Crippen LogP) is 2.63. The Labute approximate surface area is 114 Å². The van der Waals surface area contributed by atoms with E-state index < -0.39 is 0 Å². The topological polar surface area (TPSA) is 41.1 Å². The van der Waals surface area contributed by atoms with E-state index in [1.54, 1.807) is 6.20 Å². The summed E-state index contributed by atoms with van der Waals surface area (Å²) in [4.78, 5) is 11.3. The Morgan fingerprint density at radius 3 is 2.72 bits per heavy atom. The molecular weight excluding hydrogens is 244 g/mol. The molecule has 1 N–H and O–H groups in total. The van der Waals surface area contributed by atoms with E-state index in [4.69, 9.17) is 0 Å². The predicted molar refractivity (Wildman–Crippen MR) is 79.5 cm³/mol. The largest absolute Gasteiger partial charge is 0.369 e. The summed E-state index contributed by atoms with van der Waals surface area (Å²) >= 11 is 2.05. The molecule has 1 aromatic rings. The van der Waals surface area contributed by atoms with Gasteiger partial charge in [0, 0.05) is 30.1 Å². The SMILES string of the molecule is CCCNc1cncc(N2CC(C)SC(C)C2)n1. The third kappa shape index (κ3) is 3.51. The molecule has 5 heteroatoms. The van der Waals surface area contributed by atoms with Gasteiger partial charge in [0.05, 0.1) is 12.4 Å². The van der Waals surface area contributed by atoms with Crippen molar-refractivity contribution < 1.29 is 0 Å². The average Bonchev–Trinajstić information content (AvgIpc) is 2.35. The van der Waals surface area contributed by atoms with Crippen LogP contribution in [-0.4, -0.2) is 40.1 Å². The van der Waals surface area contributed by atoms with Crippen LogP contribution < -0.4 is 10.2 Å². The van der Waals surface area contributed by atoms with Crippen molar-refractivity contribution in [2.75, 3.05) is 29.9 Å². The second-order valence-corrected chi connectivity index (χ2v) is 6.73. The molecule has 100 valence electrons. The van der Waals surface area contributed by atoms with E-state index in [1.807, 2.05) is 6.20 Å². The molecule has 2 unspecified atom stereocenters. The first-order chi connectivity index (χ1) is 8.69. The highest BCUT2D eigenvalue weighted by Gasteiger charge is 2.23. The van der Waals surface area contributed by atoms with E-state index in [-0.39, 0.29) is 0 Å². The Kier molecular flexibility index (Phi) is 4.69. The molecule has 1 fully saturated rings. The number of nitrogens with zero attached hydrogens (tertiary/aromatic N) is 3. The number of aromatic nitrogens is 2. The van der Waals surface area contributed by atoms with Crippen molar-refractivity contribution >= 4 is 23.4 Å². The van der Waals surface area contributed by atoms with E-state index in [9.17, 15) is 0 Å². The van der Waals surface area contributed by atoms with Gasteiger partial charge in [-0.2, -0.15) is 11.8 Å². The van der Waals surface area contributed by atoms with Crippen LogP contribution in [0.4, 0.5) is 11.6 Å². The molecule has 0 aromatic carbocycles. The van der Waals surface area contributed by atoms with Crippen molar-refractivity contribution in [2.24, 2.45) is 0 Å². The lowest BCUT2D eigenvalue weighted by Gasteiger charge is -2.35. The zero-order valence-electron chi connectivity index (χ0n) is 11.4. The standard InChI is InChI=1S/C13H22N4S/c1-4-5-15-12-6-14-7-13(16-12)17-8-10(2)18-11(3)9-17/h6-7,10-11H,4-5,8-9H2,1-3H3,(H,15,16). The summed E-state index contributed by atoms with van der Waals surface area (Å²) in [5.41, 5.74) is 0. The second-order valence-electron chi connectivity index (χ2n) is 4.85. The fourth-order valence-electron chi connectivity index (χ4n) is 2.21. The van der Waals surface area contributed by atoms with Gasteiger partial charge in [-0.05, 0) is 6.42 Å². The monoisotopic (exact) mass is 266 g/mol. The molecule has 1 aliphatic rings. The van der Waals surface area contributed by atoms with Gasteiger partial charge < -0.3 is 10.2 Å². The fourth-order valence-corrected chi connectivity index (χ4v) is 3.54. The van der Waals surface area contributed by atoms with Crippen molar-refractivity contribution in [3.05, 3.63) is 12.4 Å². The Bertz CT molecular complexity index is 375. The number of nitrogens with one attached hydrogen (secondary N) is 1. The van der Waals surface area contributed by atoms with Gasteiger partial charge in [0.25, 0.3) is 0 Å². The maximum Gasteiger partial charge on any atom is 0.149 e. The average molecular weight is 266 g/mol. The van der Waals surface area contributed by atoms with Crippen LogP contribution in [0.1, 0.15) is 27.2 Å². The van der Waals surface area contributed by atoms with Crippen molar-refractivity contribution in [3.63, 3.8) is 0 Å². The smallest absolute Gasteiger partial charge is 0.149 e. The zero-order valence-corrected chi connectivity index (χ0v) is 12.2. The Balaban J connectivity index is 2.07. The van der Waals surface area contributed by atoms with Crippen LogP contribution in [0.5, 0.6) is 0 Å². The maximum atomic E-state index is 4.65. The lowest BCUT2D eigenvalue weighted by Crippen LogP contribution is -2.40. The third-order valence-electron chi connectivity index (χ3n) is 2.92. The number of thioether (sulfide) groups is 1. The molecule has 1 saturated heterocycles. The molecule has 4 nitrogen and oxygen atoms in total. The molecule has 0 amide bonds. The van der Waals surface area contributed by atoms with Crippen molar-refractivity contribution in [2.45, 2.75) is 37.7 Å². The molecule has 2 atom stereocenters. The van der Waals surface area contributed by atoms with Gasteiger partial charge in [-0.3, -0.25) is 4.98 Å². The quantitative estimate of drug-likeness (QED) is 0.907. The summed E-state index contributed by atoms with van der Waals surface area (Å²) in [5.74, 6) is 1.88. The van der Waals surface area contributed by atoms with Gasteiger partial charge >= 0.3 is 0 Å². The zero-order chi connectivity index (χ0) is 13.0. The molecule has 1 aliphatic heterocycles. The van der Waals surface area contributed by atoms with Crippen molar-refractivity contribution in [1.82, 2.24) is 9.97 Å². The summed E-state index contributed by atoms with van der Waals surface area (Å²) in [7, 11) is 0. The van der Waals surface area contributed by atoms with Crippen LogP contribution in [0.15, 0.2) is 12.4 Å². The first-order valence-electron chi connectivity index (χ1n) is 6.65. The van der Waals surface area contributed by atoms with E-state index in [0.717, 1.165) is 37.7 Å². The Hall–Kier alpha value is -0.970. The third-order valence-corrected chi connectivity index (χ3v) is 4.15.